The van der Waals surface area contributed by atoms with Crippen molar-refractivity contribution in [1.82, 2.24) is 10.3 Å². The first-order chi connectivity index (χ1) is 17.8. The van der Waals surface area contributed by atoms with E-state index in [1.54, 1.807) is 12.3 Å². The lowest BCUT2D eigenvalue weighted by molar-refractivity contribution is -0.139. The number of hydrogen-bond acceptors (Lipinski definition) is 5. The fourth-order valence-electron chi connectivity index (χ4n) is 3.76. The number of para-hydroxylation sites is 1. The minimum Gasteiger partial charge on any atom is -0.480 e. The number of carboxylic acids is 1. The average Bonchev–Trinajstić information content (AvgIpc) is 3.43. The van der Waals surface area contributed by atoms with Gasteiger partial charge in [0.2, 0.25) is 0 Å². The number of thiophene rings is 1. The molecule has 0 saturated heterocycles. The molecule has 0 radical (unpaired) electrons. The molecule has 2 heterocycles. The molecule has 0 saturated carbocycles. The molecule has 0 unspecified atom stereocenters. The first kappa shape index (κ1) is 27.5. The van der Waals surface area contributed by atoms with Gasteiger partial charge < -0.3 is 15.4 Å². The van der Waals surface area contributed by atoms with Gasteiger partial charge in [0.05, 0.1) is 21.2 Å². The van der Waals surface area contributed by atoms with Gasteiger partial charge in [0.25, 0.3) is 15.9 Å². The first-order valence-corrected chi connectivity index (χ1v) is 13.5. The topological polar surface area (TPSA) is 128 Å². The molecule has 1 atom stereocenters. The summed E-state index contributed by atoms with van der Waals surface area (Å²) < 4.78 is 66.8. The molecule has 1 amide bonds. The SMILES string of the molecule is Cc1cc(C(=O)N[C@H](Cc2c[nH]c3ccccc23)C(=O)O)sc1S(=O)(=O)Nc1cc(C(F)(F)F)ccc1Cl. The maximum Gasteiger partial charge on any atom is 0.416 e. The fraction of sp³-hybridized carbons (Fsp3) is 0.167. The van der Waals surface area contributed by atoms with Crippen LogP contribution in [0.1, 0.15) is 26.4 Å². The summed E-state index contributed by atoms with van der Waals surface area (Å²) in [5, 5.41) is 12.6. The summed E-state index contributed by atoms with van der Waals surface area (Å²) >= 11 is 6.45. The maximum absolute atomic E-state index is 13.1. The molecule has 2 aromatic carbocycles. The Kier molecular flexibility index (Phi) is 7.46. The van der Waals surface area contributed by atoms with Crippen LogP contribution in [-0.4, -0.2) is 36.4 Å². The van der Waals surface area contributed by atoms with E-state index in [-0.39, 0.29) is 26.1 Å². The van der Waals surface area contributed by atoms with Crippen LogP contribution in [0.4, 0.5) is 18.9 Å². The highest BCUT2D eigenvalue weighted by molar-refractivity contribution is 7.94. The van der Waals surface area contributed by atoms with E-state index in [4.69, 9.17) is 11.6 Å². The van der Waals surface area contributed by atoms with Gasteiger partial charge in [-0.05, 0) is 48.4 Å². The second kappa shape index (κ2) is 10.3. The summed E-state index contributed by atoms with van der Waals surface area (Å²) in [7, 11) is -4.44. The number of aryl methyl sites for hydroxylation is 1. The summed E-state index contributed by atoms with van der Waals surface area (Å²) in [6, 6.07) is 9.40. The first-order valence-electron chi connectivity index (χ1n) is 10.8. The Bertz CT molecular complexity index is 1650. The van der Waals surface area contributed by atoms with Crippen LogP contribution >= 0.6 is 22.9 Å². The van der Waals surface area contributed by atoms with Crippen LogP contribution in [0.5, 0.6) is 0 Å². The molecule has 0 aliphatic rings. The van der Waals surface area contributed by atoms with Gasteiger partial charge in [-0.25, -0.2) is 13.2 Å². The Morgan fingerprint density at radius 1 is 1.16 bits per heavy atom. The number of aromatic amines is 1. The maximum atomic E-state index is 13.1. The van der Waals surface area contributed by atoms with E-state index < -0.39 is 45.4 Å². The van der Waals surface area contributed by atoms with Crippen LogP contribution in [0.25, 0.3) is 10.9 Å². The Morgan fingerprint density at radius 2 is 1.87 bits per heavy atom. The van der Waals surface area contributed by atoms with E-state index in [2.05, 4.69) is 10.3 Å². The largest absolute Gasteiger partial charge is 0.480 e. The van der Waals surface area contributed by atoms with Crippen molar-refractivity contribution < 1.29 is 36.3 Å². The number of H-pyrrole nitrogens is 1. The Balaban J connectivity index is 1.55. The van der Waals surface area contributed by atoms with Crippen LogP contribution < -0.4 is 10.0 Å². The van der Waals surface area contributed by atoms with E-state index >= 15 is 0 Å². The van der Waals surface area contributed by atoms with Crippen LogP contribution in [0.2, 0.25) is 5.02 Å². The van der Waals surface area contributed by atoms with Gasteiger partial charge in [-0.3, -0.25) is 9.52 Å². The van der Waals surface area contributed by atoms with Gasteiger partial charge in [0.15, 0.2) is 0 Å². The molecular formula is C24H19ClF3N3O5S2. The van der Waals surface area contributed by atoms with E-state index in [1.165, 1.54) is 13.0 Å². The summed E-state index contributed by atoms with van der Waals surface area (Å²) in [6.45, 7) is 1.40. The third-order valence-corrected chi connectivity index (χ3v) is 9.15. The van der Waals surface area contributed by atoms with E-state index in [0.717, 1.165) is 17.0 Å². The second-order valence-electron chi connectivity index (χ2n) is 8.31. The number of aromatic nitrogens is 1. The van der Waals surface area contributed by atoms with Crippen molar-refractivity contribution >= 4 is 61.4 Å². The number of halogens is 4. The zero-order valence-corrected chi connectivity index (χ0v) is 21.8. The van der Waals surface area contributed by atoms with E-state index in [0.29, 0.717) is 29.0 Å². The molecule has 14 heteroatoms. The molecule has 0 fully saturated rings. The summed E-state index contributed by atoms with van der Waals surface area (Å²) in [4.78, 5) is 27.7. The number of benzene rings is 2. The number of carboxylic acid groups (broad SMARTS) is 1. The molecule has 38 heavy (non-hydrogen) atoms. The number of alkyl halides is 3. The second-order valence-corrected chi connectivity index (χ2v) is 11.6. The number of aliphatic carboxylic acids is 1. The number of amides is 1. The number of fused-ring (bicyclic) bond motifs is 1. The standard InChI is InChI=1S/C24H19ClF3N3O5S2/c1-12-8-20(21(32)30-19(22(33)34)9-13-11-29-17-5-3-2-4-15(13)17)37-23(12)38(35,36)31-18-10-14(24(26,27)28)6-7-16(18)25/h2-8,10-11,19,29,31H,9H2,1H3,(H,30,32)(H,33,34)/t19-/m1/s1. The highest BCUT2D eigenvalue weighted by Gasteiger charge is 2.32. The molecule has 200 valence electrons. The minimum atomic E-state index is -4.72. The van der Waals surface area contributed by atoms with Gasteiger partial charge in [0.1, 0.15) is 10.3 Å². The monoisotopic (exact) mass is 585 g/mol. The number of rotatable bonds is 8. The van der Waals surface area contributed by atoms with Crippen molar-refractivity contribution in [2.75, 3.05) is 4.72 Å². The number of anilines is 1. The highest BCUT2D eigenvalue weighted by Crippen LogP contribution is 2.36. The van der Waals surface area contributed by atoms with Crippen LogP contribution in [0, 0.1) is 6.92 Å². The van der Waals surface area contributed by atoms with Crippen LogP contribution in [0.15, 0.2) is 58.9 Å². The molecule has 0 spiro atoms. The Labute approximate surface area is 223 Å². The zero-order valence-electron chi connectivity index (χ0n) is 19.4. The zero-order chi connectivity index (χ0) is 27.8. The predicted octanol–water partition coefficient (Wildman–Crippen LogP) is 5.44. The molecule has 0 bridgehead atoms. The summed E-state index contributed by atoms with van der Waals surface area (Å²) in [5.41, 5.74) is 0.0258. The molecule has 0 aliphatic carbocycles. The van der Waals surface area contributed by atoms with Crippen LogP contribution in [0.3, 0.4) is 0 Å². The predicted molar refractivity (Wildman–Crippen MR) is 137 cm³/mol. The number of sulfonamides is 1. The smallest absolute Gasteiger partial charge is 0.416 e. The van der Waals surface area contributed by atoms with Crippen molar-refractivity contribution in [2.45, 2.75) is 29.8 Å². The molecular weight excluding hydrogens is 567 g/mol. The lowest BCUT2D eigenvalue weighted by Gasteiger charge is -2.13. The fourth-order valence-corrected chi connectivity index (χ4v) is 6.66. The van der Waals surface area contributed by atoms with Gasteiger partial charge in [0, 0.05) is 23.5 Å². The number of carbonyl (C=O) groups excluding carboxylic acids is 1. The average molecular weight is 586 g/mol. The third kappa shape index (κ3) is 5.79. The normalized spacial score (nSPS) is 12.9. The van der Waals surface area contributed by atoms with Gasteiger partial charge in [-0.1, -0.05) is 29.8 Å². The van der Waals surface area contributed by atoms with Crippen molar-refractivity contribution in [1.29, 1.82) is 0 Å². The highest BCUT2D eigenvalue weighted by atomic mass is 35.5. The van der Waals surface area contributed by atoms with Crippen molar-refractivity contribution in [3.8, 4) is 0 Å². The molecule has 2 aromatic heterocycles. The van der Waals surface area contributed by atoms with Gasteiger partial charge in [-0.2, -0.15) is 13.2 Å². The Hall–Kier alpha value is -3.55. The summed E-state index contributed by atoms with van der Waals surface area (Å²) in [5.74, 6) is -2.10. The van der Waals surface area contributed by atoms with E-state index in [9.17, 15) is 36.3 Å². The Morgan fingerprint density at radius 3 is 2.55 bits per heavy atom. The third-order valence-electron chi connectivity index (χ3n) is 5.58. The van der Waals surface area contributed by atoms with Crippen LogP contribution in [-0.2, 0) is 27.4 Å². The molecule has 8 nitrogen and oxygen atoms in total. The molecule has 0 aliphatic heterocycles. The van der Waals surface area contributed by atoms with E-state index in [1.807, 2.05) is 22.9 Å². The molecule has 4 rings (SSSR count). The van der Waals surface area contributed by atoms with Gasteiger partial charge >= 0.3 is 12.1 Å². The van der Waals surface area contributed by atoms with Gasteiger partial charge in [-0.15, -0.1) is 11.3 Å². The number of nitrogens with one attached hydrogen (secondary N) is 3. The lowest BCUT2D eigenvalue weighted by atomic mass is 10.0. The number of hydrogen-bond donors (Lipinski definition) is 4. The quantitative estimate of drug-likeness (QED) is 0.219. The van der Waals surface area contributed by atoms with Crippen molar-refractivity contribution in [2.24, 2.45) is 0 Å². The minimum absolute atomic E-state index is 0.0315. The lowest BCUT2D eigenvalue weighted by Crippen LogP contribution is -2.42. The van der Waals surface area contributed by atoms with Crippen molar-refractivity contribution in [3.63, 3.8) is 0 Å². The number of carbonyl (C=O) groups is 2. The summed E-state index contributed by atoms with van der Waals surface area (Å²) in [6.07, 6.45) is -3.10. The molecule has 4 aromatic rings. The van der Waals surface area contributed by atoms with Crippen molar-refractivity contribution in [3.05, 3.63) is 81.3 Å². The molecule has 4 N–H and O–H groups in total.